The predicted molar refractivity (Wildman–Crippen MR) is 117 cm³/mol. The van der Waals surface area contributed by atoms with Crippen molar-refractivity contribution in [1.29, 1.82) is 0 Å². The third-order valence-electron chi connectivity index (χ3n) is 3.93. The molecule has 1 N–H and O–H groups in total. The molecule has 0 saturated carbocycles. The average molecular weight is 510 g/mol. The molecule has 3 rings (SSSR count). The first-order valence-electron chi connectivity index (χ1n) is 8.36. The van der Waals surface area contributed by atoms with Crippen LogP contribution in [0.2, 0.25) is 0 Å². The lowest BCUT2D eigenvalue weighted by molar-refractivity contribution is -0.113. The van der Waals surface area contributed by atoms with Crippen LogP contribution in [0.5, 0.6) is 0 Å². The summed E-state index contributed by atoms with van der Waals surface area (Å²) in [7, 11) is 0. The van der Waals surface area contributed by atoms with Gasteiger partial charge in [-0.05, 0) is 49.7 Å². The van der Waals surface area contributed by atoms with Crippen LogP contribution in [0.4, 0.5) is 5.69 Å². The van der Waals surface area contributed by atoms with Gasteiger partial charge in [0.1, 0.15) is 0 Å². The Hall–Kier alpha value is -1.64. The van der Waals surface area contributed by atoms with E-state index in [0.29, 0.717) is 0 Å². The highest BCUT2D eigenvalue weighted by atomic mass is 79.9. The van der Waals surface area contributed by atoms with Crippen LogP contribution in [-0.4, -0.2) is 26.4 Å². The van der Waals surface area contributed by atoms with Crippen LogP contribution in [0.15, 0.2) is 56.6 Å². The standard InChI is InChI=1S/C19H18Br2N4OS/c1-3-25-18(13-4-6-14(20)7-5-13)23-24-19(25)27-11-17(26)22-16-9-8-15(21)10-12(16)2/h4-10H,3,11H2,1-2H3,(H,22,26). The molecule has 0 aliphatic rings. The summed E-state index contributed by atoms with van der Waals surface area (Å²) >= 11 is 8.25. The fourth-order valence-electron chi connectivity index (χ4n) is 2.58. The number of halogens is 2. The van der Waals surface area contributed by atoms with E-state index in [0.717, 1.165) is 43.3 Å². The maximum Gasteiger partial charge on any atom is 0.234 e. The number of anilines is 1. The van der Waals surface area contributed by atoms with Gasteiger partial charge in [0.2, 0.25) is 5.91 Å². The van der Waals surface area contributed by atoms with Crippen molar-refractivity contribution >= 4 is 55.2 Å². The van der Waals surface area contributed by atoms with Crippen LogP contribution in [0.1, 0.15) is 12.5 Å². The first kappa shape index (κ1) is 20.1. The Balaban J connectivity index is 1.69. The van der Waals surface area contributed by atoms with Gasteiger partial charge in [-0.25, -0.2) is 0 Å². The van der Waals surface area contributed by atoms with Crippen molar-refractivity contribution in [1.82, 2.24) is 14.8 Å². The van der Waals surface area contributed by atoms with Gasteiger partial charge in [0.25, 0.3) is 0 Å². The Morgan fingerprint density at radius 2 is 1.81 bits per heavy atom. The molecule has 0 aliphatic carbocycles. The largest absolute Gasteiger partial charge is 0.325 e. The summed E-state index contributed by atoms with van der Waals surface area (Å²) in [6.45, 7) is 4.74. The Kier molecular flexibility index (Phi) is 6.73. The molecule has 1 heterocycles. The molecule has 0 radical (unpaired) electrons. The van der Waals surface area contributed by atoms with Crippen molar-refractivity contribution in [3.8, 4) is 11.4 Å². The van der Waals surface area contributed by atoms with Gasteiger partial charge >= 0.3 is 0 Å². The van der Waals surface area contributed by atoms with Crippen LogP contribution < -0.4 is 5.32 Å². The number of nitrogens with one attached hydrogen (secondary N) is 1. The van der Waals surface area contributed by atoms with Gasteiger partial charge in [-0.1, -0.05) is 55.8 Å². The lowest BCUT2D eigenvalue weighted by Crippen LogP contribution is -2.15. The highest BCUT2D eigenvalue weighted by Gasteiger charge is 2.15. The van der Waals surface area contributed by atoms with Crippen LogP contribution in [0, 0.1) is 6.92 Å². The molecule has 8 heteroatoms. The number of benzene rings is 2. The second-order valence-electron chi connectivity index (χ2n) is 5.85. The number of thioether (sulfide) groups is 1. The third kappa shape index (κ3) is 5.00. The zero-order valence-corrected chi connectivity index (χ0v) is 18.9. The van der Waals surface area contributed by atoms with Crippen molar-refractivity contribution in [3.05, 3.63) is 57.0 Å². The first-order chi connectivity index (χ1) is 13.0. The lowest BCUT2D eigenvalue weighted by atomic mass is 10.2. The smallest absolute Gasteiger partial charge is 0.234 e. The summed E-state index contributed by atoms with van der Waals surface area (Å²) < 4.78 is 4.03. The molecule has 0 unspecified atom stereocenters. The summed E-state index contributed by atoms with van der Waals surface area (Å²) in [5.41, 5.74) is 2.82. The van der Waals surface area contributed by atoms with E-state index >= 15 is 0 Å². The second-order valence-corrected chi connectivity index (χ2v) is 8.63. The maximum absolute atomic E-state index is 12.3. The van der Waals surface area contributed by atoms with Crippen LogP contribution in [-0.2, 0) is 11.3 Å². The molecule has 0 saturated heterocycles. The maximum atomic E-state index is 12.3. The summed E-state index contributed by atoms with van der Waals surface area (Å²) in [5, 5.41) is 12.3. The molecule has 0 fully saturated rings. The van der Waals surface area contributed by atoms with E-state index in [1.165, 1.54) is 11.8 Å². The topological polar surface area (TPSA) is 59.8 Å². The summed E-state index contributed by atoms with van der Waals surface area (Å²) in [4.78, 5) is 12.3. The molecule has 27 heavy (non-hydrogen) atoms. The zero-order chi connectivity index (χ0) is 19.4. The van der Waals surface area contributed by atoms with Crippen molar-refractivity contribution < 1.29 is 4.79 Å². The average Bonchev–Trinajstić information content (AvgIpc) is 3.06. The number of aryl methyl sites for hydroxylation is 1. The zero-order valence-electron chi connectivity index (χ0n) is 14.9. The van der Waals surface area contributed by atoms with Gasteiger partial charge in [0.15, 0.2) is 11.0 Å². The van der Waals surface area contributed by atoms with Gasteiger partial charge < -0.3 is 9.88 Å². The molecule has 5 nitrogen and oxygen atoms in total. The normalized spacial score (nSPS) is 10.8. The molecule has 0 spiro atoms. The number of carbonyl (C=O) groups is 1. The fraction of sp³-hybridized carbons (Fsp3) is 0.211. The molecule has 0 aliphatic heterocycles. The molecular weight excluding hydrogens is 492 g/mol. The van der Waals surface area contributed by atoms with E-state index < -0.39 is 0 Å². The van der Waals surface area contributed by atoms with Crippen LogP contribution in [0.3, 0.4) is 0 Å². The minimum atomic E-state index is -0.0683. The summed E-state index contributed by atoms with van der Waals surface area (Å²) in [6.07, 6.45) is 0. The number of rotatable bonds is 6. The minimum absolute atomic E-state index is 0.0683. The highest BCUT2D eigenvalue weighted by Crippen LogP contribution is 2.26. The van der Waals surface area contributed by atoms with Crippen molar-refractivity contribution in [3.63, 3.8) is 0 Å². The predicted octanol–water partition coefficient (Wildman–Crippen LogP) is 5.53. The molecule has 140 valence electrons. The van der Waals surface area contributed by atoms with E-state index in [2.05, 4.69) is 47.4 Å². The monoisotopic (exact) mass is 508 g/mol. The minimum Gasteiger partial charge on any atom is -0.325 e. The molecule has 3 aromatic rings. The highest BCUT2D eigenvalue weighted by molar-refractivity contribution is 9.10. The first-order valence-corrected chi connectivity index (χ1v) is 10.9. The van der Waals surface area contributed by atoms with Crippen molar-refractivity contribution in [2.75, 3.05) is 11.1 Å². The quantitative estimate of drug-likeness (QED) is 0.444. The Bertz CT molecular complexity index is 957. The van der Waals surface area contributed by atoms with Gasteiger partial charge in [0.05, 0.1) is 5.75 Å². The molecule has 0 bridgehead atoms. The van der Waals surface area contributed by atoms with E-state index in [-0.39, 0.29) is 11.7 Å². The molecule has 2 aromatic carbocycles. The van der Waals surface area contributed by atoms with Crippen molar-refractivity contribution in [2.45, 2.75) is 25.5 Å². The van der Waals surface area contributed by atoms with Gasteiger partial charge in [-0.3, -0.25) is 4.79 Å². The Labute approximate surface area is 179 Å². The Morgan fingerprint density at radius 3 is 2.48 bits per heavy atom. The SMILES string of the molecule is CCn1c(SCC(=O)Nc2ccc(Br)cc2C)nnc1-c1ccc(Br)cc1. The van der Waals surface area contributed by atoms with E-state index in [9.17, 15) is 4.79 Å². The number of hydrogen-bond acceptors (Lipinski definition) is 4. The number of amides is 1. The molecule has 1 aromatic heterocycles. The number of aromatic nitrogens is 3. The Morgan fingerprint density at radius 1 is 1.11 bits per heavy atom. The fourth-order valence-corrected chi connectivity index (χ4v) is 4.12. The number of carbonyl (C=O) groups excluding carboxylic acids is 1. The van der Waals surface area contributed by atoms with Crippen LogP contribution >= 0.6 is 43.6 Å². The van der Waals surface area contributed by atoms with E-state index in [1.54, 1.807) is 0 Å². The van der Waals surface area contributed by atoms with Gasteiger partial charge in [-0.2, -0.15) is 0 Å². The third-order valence-corrected chi connectivity index (χ3v) is 5.92. The second kappa shape index (κ2) is 9.03. The van der Waals surface area contributed by atoms with Gasteiger partial charge in [-0.15, -0.1) is 10.2 Å². The summed E-state index contributed by atoms with van der Waals surface area (Å²) in [5.74, 6) is 1.01. The molecular formula is C19H18Br2N4OS. The molecule has 0 atom stereocenters. The van der Waals surface area contributed by atoms with Crippen LogP contribution in [0.25, 0.3) is 11.4 Å². The van der Waals surface area contributed by atoms with E-state index in [1.807, 2.05) is 60.9 Å². The van der Waals surface area contributed by atoms with E-state index in [4.69, 9.17) is 0 Å². The van der Waals surface area contributed by atoms with Crippen molar-refractivity contribution in [2.24, 2.45) is 0 Å². The van der Waals surface area contributed by atoms with Gasteiger partial charge in [0, 0.05) is 26.7 Å². The lowest BCUT2D eigenvalue weighted by Gasteiger charge is -2.09. The summed E-state index contributed by atoms with van der Waals surface area (Å²) in [6, 6.07) is 13.7. The number of hydrogen-bond donors (Lipinski definition) is 1. The molecule has 1 amide bonds. The number of nitrogens with zero attached hydrogens (tertiary/aromatic N) is 3.